The van der Waals surface area contributed by atoms with Gasteiger partial charge in [0.1, 0.15) is 11.6 Å². The van der Waals surface area contributed by atoms with Gasteiger partial charge in [-0.2, -0.15) is 0 Å². The van der Waals surface area contributed by atoms with Crippen molar-refractivity contribution in [1.29, 1.82) is 0 Å². The van der Waals surface area contributed by atoms with E-state index in [2.05, 4.69) is 5.32 Å². The molecular formula is C23H18Cl3FN2O6S. The van der Waals surface area contributed by atoms with E-state index in [0.29, 0.717) is 10.7 Å². The van der Waals surface area contributed by atoms with E-state index < -0.39 is 40.9 Å². The molecule has 0 saturated carbocycles. The Hall–Kier alpha value is -3.05. The molecule has 0 heterocycles. The molecule has 3 aromatic carbocycles. The number of hydrogen-bond acceptors (Lipinski definition) is 6. The van der Waals surface area contributed by atoms with Crippen LogP contribution in [0.1, 0.15) is 0 Å². The molecule has 0 fully saturated rings. The summed E-state index contributed by atoms with van der Waals surface area (Å²) in [5.74, 6) is -1.79. The fourth-order valence-electron chi connectivity index (χ4n) is 2.82. The van der Waals surface area contributed by atoms with Crippen LogP contribution in [-0.4, -0.2) is 40.6 Å². The van der Waals surface area contributed by atoms with Crippen molar-refractivity contribution < 1.29 is 31.9 Å². The normalized spacial score (nSPS) is 11.0. The van der Waals surface area contributed by atoms with Crippen molar-refractivity contribution in [2.24, 2.45) is 0 Å². The van der Waals surface area contributed by atoms with Crippen molar-refractivity contribution in [3.63, 3.8) is 0 Å². The second-order valence-electron chi connectivity index (χ2n) is 7.16. The molecule has 0 radical (unpaired) electrons. The Balaban J connectivity index is 1.50. The first-order valence-electron chi connectivity index (χ1n) is 10.0. The lowest BCUT2D eigenvalue weighted by Crippen LogP contribution is -2.26. The summed E-state index contributed by atoms with van der Waals surface area (Å²) in [6.07, 6.45) is 0. The molecule has 190 valence electrons. The lowest BCUT2D eigenvalue weighted by atomic mass is 10.3. The monoisotopic (exact) mass is 574 g/mol. The van der Waals surface area contributed by atoms with Gasteiger partial charge in [-0.1, -0.05) is 34.8 Å². The Kier molecular flexibility index (Phi) is 9.02. The SMILES string of the molecule is CN(c1ccc(OCC(=O)OCC(=O)Nc2c(Cl)cc(Cl)cc2Cl)cc1)S(=O)(=O)c1ccc(F)cc1. The van der Waals surface area contributed by atoms with Crippen LogP contribution < -0.4 is 14.4 Å². The minimum absolute atomic E-state index is 0.0703. The van der Waals surface area contributed by atoms with Crippen molar-refractivity contribution in [1.82, 2.24) is 0 Å². The quantitative estimate of drug-likeness (QED) is 0.353. The zero-order chi connectivity index (χ0) is 26.5. The van der Waals surface area contributed by atoms with Gasteiger partial charge in [-0.25, -0.2) is 17.6 Å². The summed E-state index contributed by atoms with van der Waals surface area (Å²) in [5.41, 5.74) is 0.442. The van der Waals surface area contributed by atoms with E-state index in [4.69, 9.17) is 44.3 Å². The third-order valence-electron chi connectivity index (χ3n) is 4.66. The molecule has 0 aliphatic rings. The summed E-state index contributed by atoms with van der Waals surface area (Å²) in [7, 11) is -2.55. The molecule has 8 nitrogen and oxygen atoms in total. The van der Waals surface area contributed by atoms with Crippen LogP contribution in [0.25, 0.3) is 0 Å². The molecule has 0 bridgehead atoms. The number of carbonyl (C=O) groups excluding carboxylic acids is 2. The van der Waals surface area contributed by atoms with Crippen LogP contribution in [0.15, 0.2) is 65.6 Å². The second kappa shape index (κ2) is 11.8. The molecule has 0 aliphatic carbocycles. The van der Waals surface area contributed by atoms with Gasteiger partial charge in [0.2, 0.25) is 0 Å². The predicted molar refractivity (Wildman–Crippen MR) is 135 cm³/mol. The topological polar surface area (TPSA) is 102 Å². The minimum atomic E-state index is -3.90. The van der Waals surface area contributed by atoms with Gasteiger partial charge in [-0.15, -0.1) is 0 Å². The first kappa shape index (κ1) is 27.5. The first-order valence-corrected chi connectivity index (χ1v) is 12.6. The molecule has 1 N–H and O–H groups in total. The summed E-state index contributed by atoms with van der Waals surface area (Å²) in [6.45, 7) is -1.11. The van der Waals surface area contributed by atoms with Gasteiger partial charge in [0.05, 0.1) is 26.3 Å². The highest BCUT2D eigenvalue weighted by Gasteiger charge is 2.21. The molecule has 13 heteroatoms. The van der Waals surface area contributed by atoms with Crippen LogP contribution in [0.5, 0.6) is 5.75 Å². The zero-order valence-electron chi connectivity index (χ0n) is 18.5. The Morgan fingerprint density at radius 2 is 1.53 bits per heavy atom. The van der Waals surface area contributed by atoms with Crippen molar-refractivity contribution >= 4 is 68.1 Å². The van der Waals surface area contributed by atoms with Crippen molar-refractivity contribution in [3.05, 3.63) is 81.5 Å². The van der Waals surface area contributed by atoms with Gasteiger partial charge >= 0.3 is 5.97 Å². The molecule has 0 unspecified atom stereocenters. The van der Waals surface area contributed by atoms with E-state index in [0.717, 1.165) is 16.4 Å². The Morgan fingerprint density at radius 1 is 0.944 bits per heavy atom. The molecule has 0 aromatic heterocycles. The van der Waals surface area contributed by atoms with Gasteiger partial charge in [0, 0.05) is 12.1 Å². The maximum atomic E-state index is 13.1. The summed E-state index contributed by atoms with van der Waals surface area (Å²) in [5, 5.41) is 2.96. The lowest BCUT2D eigenvalue weighted by Gasteiger charge is -2.19. The average Bonchev–Trinajstić information content (AvgIpc) is 2.83. The summed E-state index contributed by atoms with van der Waals surface area (Å²) in [4.78, 5) is 23.9. The average molecular weight is 576 g/mol. The van der Waals surface area contributed by atoms with Crippen LogP contribution in [0.2, 0.25) is 15.1 Å². The third kappa shape index (κ3) is 7.01. The smallest absolute Gasteiger partial charge is 0.344 e. The van der Waals surface area contributed by atoms with Crippen LogP contribution >= 0.6 is 34.8 Å². The largest absolute Gasteiger partial charge is 0.482 e. The standard InChI is InChI=1S/C23H18Cl3FN2O6S/c1-29(36(32,33)18-8-2-15(27)3-9-18)16-4-6-17(7-5-16)34-13-22(31)35-12-21(30)28-23-19(25)10-14(24)11-20(23)26/h2-11H,12-13H2,1H3,(H,28,30). The molecule has 3 aromatic rings. The maximum Gasteiger partial charge on any atom is 0.344 e. The number of benzene rings is 3. The molecule has 36 heavy (non-hydrogen) atoms. The highest BCUT2D eigenvalue weighted by molar-refractivity contribution is 7.92. The van der Waals surface area contributed by atoms with Crippen molar-refractivity contribution in [2.75, 3.05) is 29.9 Å². The number of esters is 1. The first-order chi connectivity index (χ1) is 17.0. The van der Waals surface area contributed by atoms with Crippen LogP contribution in [0.4, 0.5) is 15.8 Å². The number of ether oxygens (including phenoxy) is 2. The van der Waals surface area contributed by atoms with E-state index in [9.17, 15) is 22.4 Å². The van der Waals surface area contributed by atoms with Gasteiger partial charge < -0.3 is 14.8 Å². The lowest BCUT2D eigenvalue weighted by molar-refractivity contribution is -0.149. The van der Waals surface area contributed by atoms with Gasteiger partial charge in [0.25, 0.3) is 15.9 Å². The Labute approximate surface area is 221 Å². The number of hydrogen-bond donors (Lipinski definition) is 1. The molecule has 0 atom stereocenters. The summed E-state index contributed by atoms with van der Waals surface area (Å²) < 4.78 is 49.7. The molecular weight excluding hydrogens is 558 g/mol. The van der Waals surface area contributed by atoms with E-state index in [1.165, 1.54) is 55.6 Å². The number of carbonyl (C=O) groups is 2. The minimum Gasteiger partial charge on any atom is -0.482 e. The number of nitrogens with one attached hydrogen (secondary N) is 1. The molecule has 0 saturated heterocycles. The van der Waals surface area contributed by atoms with Crippen LogP contribution in [-0.2, 0) is 24.3 Å². The fourth-order valence-corrected chi connectivity index (χ4v) is 4.93. The Bertz CT molecular complexity index is 1350. The molecule has 3 rings (SSSR count). The van der Waals surface area contributed by atoms with E-state index in [-0.39, 0.29) is 26.4 Å². The number of anilines is 2. The highest BCUT2D eigenvalue weighted by Crippen LogP contribution is 2.33. The van der Waals surface area contributed by atoms with E-state index in [1.54, 1.807) is 0 Å². The van der Waals surface area contributed by atoms with Gasteiger partial charge in [0.15, 0.2) is 13.2 Å². The number of rotatable bonds is 9. The molecule has 0 spiro atoms. The number of amides is 1. The van der Waals surface area contributed by atoms with Crippen molar-refractivity contribution in [2.45, 2.75) is 4.90 Å². The summed E-state index contributed by atoms with van der Waals surface area (Å²) >= 11 is 17.8. The van der Waals surface area contributed by atoms with Gasteiger partial charge in [-0.3, -0.25) is 9.10 Å². The highest BCUT2D eigenvalue weighted by atomic mass is 35.5. The second-order valence-corrected chi connectivity index (χ2v) is 10.4. The van der Waals surface area contributed by atoms with E-state index in [1.807, 2.05) is 0 Å². The molecule has 1 amide bonds. The van der Waals surface area contributed by atoms with Gasteiger partial charge in [-0.05, 0) is 60.7 Å². The third-order valence-corrected chi connectivity index (χ3v) is 7.28. The number of nitrogens with zero attached hydrogens (tertiary/aromatic N) is 1. The van der Waals surface area contributed by atoms with Crippen molar-refractivity contribution in [3.8, 4) is 5.75 Å². The van der Waals surface area contributed by atoms with Crippen LogP contribution in [0, 0.1) is 5.82 Å². The predicted octanol–water partition coefficient (Wildman–Crippen LogP) is 5.17. The summed E-state index contributed by atoms with van der Waals surface area (Å²) in [6, 6.07) is 13.1. The Morgan fingerprint density at radius 3 is 2.11 bits per heavy atom. The number of halogens is 4. The maximum absolute atomic E-state index is 13.1. The van der Waals surface area contributed by atoms with Crippen LogP contribution in [0.3, 0.4) is 0 Å². The zero-order valence-corrected chi connectivity index (χ0v) is 21.6. The number of sulfonamides is 1. The molecule has 0 aliphatic heterocycles. The fraction of sp³-hybridized carbons (Fsp3) is 0.130. The van der Waals surface area contributed by atoms with E-state index >= 15 is 0 Å².